The number of nitrogens with zero attached hydrogens (tertiary/aromatic N) is 1. The Labute approximate surface area is 68.0 Å². The highest BCUT2D eigenvalue weighted by atomic mass is 32.1. The number of alkyl halides is 1. The van der Waals surface area contributed by atoms with Crippen molar-refractivity contribution >= 4 is 12.6 Å². The lowest BCUT2D eigenvalue weighted by molar-refractivity contribution is 0.195. The van der Waals surface area contributed by atoms with Crippen LogP contribution in [0.3, 0.4) is 0 Å². The molecule has 0 aromatic heterocycles. The van der Waals surface area contributed by atoms with E-state index in [1.165, 1.54) is 0 Å². The first-order valence-electron chi connectivity index (χ1n) is 3.52. The van der Waals surface area contributed by atoms with Crippen LogP contribution in [-0.4, -0.2) is 30.5 Å². The lowest BCUT2D eigenvalue weighted by Gasteiger charge is -2.32. The van der Waals surface area contributed by atoms with Crippen molar-refractivity contribution in [3.05, 3.63) is 0 Å². The van der Waals surface area contributed by atoms with Crippen LogP contribution in [0.15, 0.2) is 0 Å². The second-order valence-electron chi connectivity index (χ2n) is 2.76. The number of thiol groups is 1. The second-order valence-corrected chi connectivity index (χ2v) is 3.59. The van der Waals surface area contributed by atoms with Crippen molar-refractivity contribution in [3.8, 4) is 0 Å². The van der Waals surface area contributed by atoms with Gasteiger partial charge >= 0.3 is 0 Å². The van der Waals surface area contributed by atoms with E-state index in [1.807, 2.05) is 25.9 Å². The summed E-state index contributed by atoms with van der Waals surface area (Å²) in [5.74, 6) is 0. The van der Waals surface area contributed by atoms with E-state index in [9.17, 15) is 4.39 Å². The molecule has 1 nitrogen and oxygen atoms in total. The molecule has 0 bridgehead atoms. The number of hydrogen-bond donors (Lipinski definition) is 1. The van der Waals surface area contributed by atoms with Crippen LogP contribution in [0.25, 0.3) is 0 Å². The first kappa shape index (κ1) is 10.2. The molecule has 0 spiro atoms. The Kier molecular flexibility index (Phi) is 4.29. The molecule has 0 saturated heterocycles. The summed E-state index contributed by atoms with van der Waals surface area (Å²) in [6, 6.07) is 0. The topological polar surface area (TPSA) is 3.24 Å². The highest BCUT2D eigenvalue weighted by Gasteiger charge is 2.26. The van der Waals surface area contributed by atoms with Crippen molar-refractivity contribution in [2.45, 2.75) is 24.6 Å². The molecule has 0 N–H and O–H groups in total. The van der Waals surface area contributed by atoms with Gasteiger partial charge in [0.1, 0.15) is 6.67 Å². The summed E-state index contributed by atoms with van der Waals surface area (Å²) in [6.07, 6.45) is 1.76. The van der Waals surface area contributed by atoms with E-state index in [0.29, 0.717) is 0 Å². The molecule has 0 aliphatic heterocycles. The van der Waals surface area contributed by atoms with Gasteiger partial charge in [-0.3, -0.25) is 4.90 Å². The van der Waals surface area contributed by atoms with Gasteiger partial charge in [0.25, 0.3) is 0 Å². The summed E-state index contributed by atoms with van der Waals surface area (Å²) >= 11 is 4.24. The molecule has 0 rings (SSSR count). The molecule has 0 aromatic rings. The number of halogens is 1. The molecule has 0 aliphatic rings. The fourth-order valence-corrected chi connectivity index (χ4v) is 1.03. The van der Waals surface area contributed by atoms with Crippen molar-refractivity contribution in [1.82, 2.24) is 4.90 Å². The predicted octanol–water partition coefficient (Wildman–Crippen LogP) is 1.94. The molecule has 10 heavy (non-hydrogen) atoms. The minimum atomic E-state index is -0.547. The number of hydrogen-bond acceptors (Lipinski definition) is 2. The summed E-state index contributed by atoms with van der Waals surface area (Å²) in [5, 5.41) is 0. The van der Waals surface area contributed by atoms with Gasteiger partial charge in [-0.15, -0.1) is 0 Å². The summed E-state index contributed by atoms with van der Waals surface area (Å²) in [7, 11) is 3.70. The Morgan fingerprint density at radius 2 is 2.00 bits per heavy atom. The SMILES string of the molecule is CCCC(S)(CF)N(C)C. The summed E-state index contributed by atoms with van der Waals surface area (Å²) in [4.78, 5) is 1.27. The third kappa shape index (κ3) is 2.46. The zero-order chi connectivity index (χ0) is 8.20. The Bertz CT molecular complexity index is 97.6. The monoisotopic (exact) mass is 165 g/mol. The van der Waals surface area contributed by atoms with Gasteiger partial charge in [-0.25, -0.2) is 4.39 Å². The minimum absolute atomic E-state index is 0.392. The summed E-state index contributed by atoms with van der Waals surface area (Å²) in [6.45, 7) is 1.64. The van der Waals surface area contributed by atoms with E-state index in [4.69, 9.17) is 0 Å². The van der Waals surface area contributed by atoms with Gasteiger partial charge < -0.3 is 0 Å². The van der Waals surface area contributed by atoms with Crippen molar-refractivity contribution in [3.63, 3.8) is 0 Å². The van der Waals surface area contributed by atoms with Crippen molar-refractivity contribution in [2.75, 3.05) is 20.8 Å². The fourth-order valence-electron chi connectivity index (χ4n) is 0.810. The van der Waals surface area contributed by atoms with E-state index in [0.717, 1.165) is 12.8 Å². The summed E-state index contributed by atoms with van der Waals surface area (Å²) < 4.78 is 12.4. The molecule has 1 unspecified atom stereocenters. The maximum atomic E-state index is 12.4. The van der Waals surface area contributed by atoms with Gasteiger partial charge in [0.15, 0.2) is 0 Å². The number of rotatable bonds is 4. The van der Waals surface area contributed by atoms with Crippen LogP contribution in [0, 0.1) is 0 Å². The first-order chi connectivity index (χ1) is 4.56. The van der Waals surface area contributed by atoms with Crippen LogP contribution < -0.4 is 0 Å². The van der Waals surface area contributed by atoms with E-state index >= 15 is 0 Å². The van der Waals surface area contributed by atoms with Crippen LogP contribution in [0.1, 0.15) is 19.8 Å². The van der Waals surface area contributed by atoms with Crippen LogP contribution in [0.5, 0.6) is 0 Å². The average Bonchev–Trinajstić information content (AvgIpc) is 1.88. The average molecular weight is 165 g/mol. The molecule has 3 heteroatoms. The van der Waals surface area contributed by atoms with Crippen LogP contribution >= 0.6 is 12.6 Å². The van der Waals surface area contributed by atoms with E-state index in [-0.39, 0.29) is 0 Å². The Balaban J connectivity index is 3.94. The maximum absolute atomic E-state index is 12.4. The molecule has 62 valence electrons. The highest BCUT2D eigenvalue weighted by Crippen LogP contribution is 2.23. The molecule has 0 fully saturated rings. The zero-order valence-electron chi connectivity index (χ0n) is 6.89. The van der Waals surface area contributed by atoms with Crippen LogP contribution in [0.4, 0.5) is 4.39 Å². The molecular weight excluding hydrogens is 149 g/mol. The highest BCUT2D eigenvalue weighted by molar-refractivity contribution is 7.81. The second kappa shape index (κ2) is 4.19. The van der Waals surface area contributed by atoms with E-state index < -0.39 is 11.5 Å². The largest absolute Gasteiger partial charge is 0.293 e. The minimum Gasteiger partial charge on any atom is -0.293 e. The Morgan fingerprint density at radius 3 is 2.10 bits per heavy atom. The quantitative estimate of drug-likeness (QED) is 0.492. The van der Waals surface area contributed by atoms with Gasteiger partial charge in [-0.2, -0.15) is 12.6 Å². The molecule has 0 aromatic carbocycles. The third-order valence-corrected chi connectivity index (χ3v) is 2.44. The molecular formula is C7H16FNS. The van der Waals surface area contributed by atoms with Gasteiger partial charge in [0, 0.05) is 0 Å². The normalized spacial score (nSPS) is 17.4. The van der Waals surface area contributed by atoms with Gasteiger partial charge in [-0.05, 0) is 20.5 Å². The standard InChI is InChI=1S/C7H16FNS/c1-4-5-7(10,6-8)9(2)3/h10H,4-6H2,1-3H3. The maximum Gasteiger partial charge on any atom is 0.117 e. The van der Waals surface area contributed by atoms with Gasteiger partial charge in [-0.1, -0.05) is 13.3 Å². The van der Waals surface area contributed by atoms with Crippen molar-refractivity contribution in [1.29, 1.82) is 0 Å². The third-order valence-electron chi connectivity index (χ3n) is 1.70. The molecule has 0 radical (unpaired) electrons. The fraction of sp³-hybridized carbons (Fsp3) is 1.00. The van der Waals surface area contributed by atoms with Crippen molar-refractivity contribution in [2.24, 2.45) is 0 Å². The molecule has 1 atom stereocenters. The molecule has 0 aliphatic carbocycles. The van der Waals surface area contributed by atoms with E-state index in [1.54, 1.807) is 0 Å². The Morgan fingerprint density at radius 1 is 1.50 bits per heavy atom. The lowest BCUT2D eigenvalue weighted by atomic mass is 10.1. The smallest absolute Gasteiger partial charge is 0.117 e. The van der Waals surface area contributed by atoms with Crippen LogP contribution in [0.2, 0.25) is 0 Å². The zero-order valence-corrected chi connectivity index (χ0v) is 7.79. The van der Waals surface area contributed by atoms with Crippen molar-refractivity contribution < 1.29 is 4.39 Å². The first-order valence-corrected chi connectivity index (χ1v) is 3.97. The molecule has 0 amide bonds. The van der Waals surface area contributed by atoms with Crippen LogP contribution in [-0.2, 0) is 0 Å². The predicted molar refractivity (Wildman–Crippen MR) is 46.3 cm³/mol. The van der Waals surface area contributed by atoms with E-state index in [2.05, 4.69) is 12.6 Å². The van der Waals surface area contributed by atoms with Gasteiger partial charge in [0.05, 0.1) is 4.87 Å². The molecule has 0 saturated carbocycles. The Hall–Kier alpha value is 0.240. The molecule has 0 heterocycles. The lowest BCUT2D eigenvalue weighted by Crippen LogP contribution is -2.40. The van der Waals surface area contributed by atoms with Gasteiger partial charge in [0.2, 0.25) is 0 Å². The summed E-state index contributed by atoms with van der Waals surface area (Å²) in [5.41, 5.74) is 0.